The van der Waals surface area contributed by atoms with E-state index in [1.165, 1.54) is 37.1 Å². The third kappa shape index (κ3) is 5.03. The molecule has 1 amide bonds. The summed E-state index contributed by atoms with van der Waals surface area (Å²) in [5.41, 5.74) is 3.95. The highest BCUT2D eigenvalue weighted by Crippen LogP contribution is 2.31. The summed E-state index contributed by atoms with van der Waals surface area (Å²) in [6.07, 6.45) is 6.36. The van der Waals surface area contributed by atoms with Gasteiger partial charge in [0.15, 0.2) is 5.65 Å². The first-order chi connectivity index (χ1) is 17.0. The van der Waals surface area contributed by atoms with Crippen molar-refractivity contribution in [2.45, 2.75) is 75.4 Å². The predicted octanol–water partition coefficient (Wildman–Crippen LogP) is 5.79. The predicted molar refractivity (Wildman–Crippen MR) is 138 cm³/mol. The molecular formula is C27H30FN5OS. The molecule has 1 fully saturated rings. The van der Waals surface area contributed by atoms with Gasteiger partial charge in [-0.2, -0.15) is 0 Å². The second-order valence-corrected chi connectivity index (χ2v) is 10.5. The average Bonchev–Trinajstić information content (AvgIpc) is 3.16. The molecule has 1 N–H and O–H groups in total. The van der Waals surface area contributed by atoms with Crippen molar-refractivity contribution in [3.63, 3.8) is 0 Å². The van der Waals surface area contributed by atoms with Gasteiger partial charge >= 0.3 is 0 Å². The van der Waals surface area contributed by atoms with E-state index in [0.29, 0.717) is 34.8 Å². The molecule has 0 radical (unpaired) electrons. The monoisotopic (exact) mass is 491 g/mol. The number of aryl methyl sites for hydroxylation is 1. The van der Waals surface area contributed by atoms with Crippen LogP contribution in [0.15, 0.2) is 47.6 Å². The van der Waals surface area contributed by atoms with E-state index >= 15 is 0 Å². The van der Waals surface area contributed by atoms with Crippen molar-refractivity contribution in [3.05, 3.63) is 59.4 Å². The van der Waals surface area contributed by atoms with Gasteiger partial charge < -0.3 is 9.88 Å². The van der Waals surface area contributed by atoms with Crippen LogP contribution < -0.4 is 5.32 Å². The van der Waals surface area contributed by atoms with E-state index in [0.717, 1.165) is 29.3 Å². The third-order valence-corrected chi connectivity index (χ3v) is 7.97. The first-order valence-corrected chi connectivity index (χ1v) is 13.2. The van der Waals surface area contributed by atoms with Gasteiger partial charge in [0.05, 0.1) is 17.3 Å². The maximum absolute atomic E-state index is 14.5. The van der Waals surface area contributed by atoms with Crippen LogP contribution in [0.2, 0.25) is 0 Å². The number of aromatic nitrogens is 4. The molecule has 4 aromatic rings. The molecule has 1 atom stereocenters. The number of nitrogens with one attached hydrogen (secondary N) is 1. The van der Waals surface area contributed by atoms with Gasteiger partial charge in [-0.25, -0.2) is 9.37 Å². The Morgan fingerprint density at radius 2 is 1.97 bits per heavy atom. The van der Waals surface area contributed by atoms with Crippen molar-refractivity contribution < 1.29 is 9.18 Å². The van der Waals surface area contributed by atoms with Crippen molar-refractivity contribution in [2.75, 3.05) is 0 Å². The molecule has 1 aliphatic carbocycles. The molecule has 0 aliphatic heterocycles. The Kier molecular flexibility index (Phi) is 7.00. The highest BCUT2D eigenvalue weighted by molar-refractivity contribution is 8.00. The molecule has 2 aromatic heterocycles. The highest BCUT2D eigenvalue weighted by atomic mass is 32.2. The molecule has 8 heteroatoms. The van der Waals surface area contributed by atoms with Crippen LogP contribution in [0.25, 0.3) is 22.1 Å². The molecule has 2 heterocycles. The summed E-state index contributed by atoms with van der Waals surface area (Å²) in [6, 6.07) is 13.2. The van der Waals surface area contributed by atoms with Gasteiger partial charge in [-0.3, -0.25) is 4.79 Å². The summed E-state index contributed by atoms with van der Waals surface area (Å²) in [6.45, 7) is 4.36. The van der Waals surface area contributed by atoms with Crippen LogP contribution in [0.1, 0.15) is 56.6 Å². The second-order valence-electron chi connectivity index (χ2n) is 9.32. The molecule has 6 nitrogen and oxygen atoms in total. The lowest BCUT2D eigenvalue weighted by Crippen LogP contribution is -2.41. The zero-order chi connectivity index (χ0) is 24.4. The fourth-order valence-electron chi connectivity index (χ4n) is 4.85. The van der Waals surface area contributed by atoms with Crippen LogP contribution in [-0.2, 0) is 11.3 Å². The van der Waals surface area contributed by atoms with Crippen LogP contribution in [-0.4, -0.2) is 36.9 Å². The second kappa shape index (κ2) is 10.3. The zero-order valence-corrected chi connectivity index (χ0v) is 20.9. The minimum Gasteiger partial charge on any atom is -0.352 e. The maximum atomic E-state index is 14.5. The lowest BCUT2D eigenvalue weighted by atomic mass is 9.95. The summed E-state index contributed by atoms with van der Waals surface area (Å²) in [5.74, 6) is -0.215. The van der Waals surface area contributed by atoms with Gasteiger partial charge in [-0.05, 0) is 44.4 Å². The van der Waals surface area contributed by atoms with Gasteiger partial charge in [0, 0.05) is 17.0 Å². The Morgan fingerprint density at radius 3 is 2.74 bits per heavy atom. The number of carbonyl (C=O) groups is 1. The van der Waals surface area contributed by atoms with Crippen LogP contribution in [0.5, 0.6) is 0 Å². The van der Waals surface area contributed by atoms with Crippen molar-refractivity contribution in [1.29, 1.82) is 0 Å². The first-order valence-electron chi connectivity index (χ1n) is 12.4. The van der Waals surface area contributed by atoms with E-state index in [-0.39, 0.29) is 23.0 Å². The quantitative estimate of drug-likeness (QED) is 0.331. The van der Waals surface area contributed by atoms with Gasteiger partial charge in [0.2, 0.25) is 11.1 Å². The average molecular weight is 492 g/mol. The minimum atomic E-state index is -0.289. The smallest absolute Gasteiger partial charge is 0.233 e. The SMILES string of the molecule is CCC(Sc1nnc2c3cc(C)ccc3n(Cc3ccccc3F)c2n1)C(=O)NC1CCCCC1. The molecule has 2 aromatic carbocycles. The summed E-state index contributed by atoms with van der Waals surface area (Å²) < 4.78 is 16.5. The number of nitrogens with zero attached hydrogens (tertiary/aromatic N) is 4. The molecule has 35 heavy (non-hydrogen) atoms. The molecule has 182 valence electrons. The normalized spacial score (nSPS) is 15.5. The lowest BCUT2D eigenvalue weighted by molar-refractivity contribution is -0.121. The number of hydrogen-bond donors (Lipinski definition) is 1. The molecule has 5 rings (SSSR count). The van der Waals surface area contributed by atoms with E-state index < -0.39 is 0 Å². The van der Waals surface area contributed by atoms with Gasteiger partial charge in [0.1, 0.15) is 11.3 Å². The van der Waals surface area contributed by atoms with Gasteiger partial charge in [-0.1, -0.05) is 67.8 Å². The third-order valence-electron chi connectivity index (χ3n) is 6.75. The summed E-state index contributed by atoms with van der Waals surface area (Å²) in [4.78, 5) is 17.8. The van der Waals surface area contributed by atoms with Crippen molar-refractivity contribution in [1.82, 2.24) is 25.1 Å². The summed E-state index contributed by atoms with van der Waals surface area (Å²) >= 11 is 1.35. The van der Waals surface area contributed by atoms with E-state index in [1.807, 2.05) is 36.6 Å². The zero-order valence-electron chi connectivity index (χ0n) is 20.1. The van der Waals surface area contributed by atoms with E-state index in [9.17, 15) is 9.18 Å². The number of fused-ring (bicyclic) bond motifs is 3. The number of thioether (sulfide) groups is 1. The van der Waals surface area contributed by atoms with Crippen LogP contribution in [0.4, 0.5) is 4.39 Å². The van der Waals surface area contributed by atoms with Crippen LogP contribution in [0.3, 0.4) is 0 Å². The molecule has 1 unspecified atom stereocenters. The number of hydrogen-bond acceptors (Lipinski definition) is 5. The number of halogens is 1. The van der Waals surface area contributed by atoms with Crippen LogP contribution in [0, 0.1) is 12.7 Å². The summed E-state index contributed by atoms with van der Waals surface area (Å²) in [5, 5.41) is 13.2. The Labute approximate surface area is 208 Å². The Morgan fingerprint density at radius 1 is 1.17 bits per heavy atom. The lowest BCUT2D eigenvalue weighted by Gasteiger charge is -2.24. The first kappa shape index (κ1) is 23.7. The fourth-order valence-corrected chi connectivity index (χ4v) is 5.68. The minimum absolute atomic E-state index is 0.0376. The molecule has 1 saturated carbocycles. The van der Waals surface area contributed by atoms with Gasteiger partial charge in [0.25, 0.3) is 0 Å². The standard InChI is InChI=1S/C27H30FN5OS/c1-3-23(26(34)29-19-10-5-4-6-11-19)35-27-30-25-24(31-32-27)20-15-17(2)13-14-22(20)33(25)16-18-9-7-8-12-21(18)28/h7-9,12-15,19,23H,3-6,10-11,16H2,1-2H3,(H,29,34). The largest absolute Gasteiger partial charge is 0.352 e. The van der Waals surface area contributed by atoms with E-state index in [4.69, 9.17) is 4.98 Å². The Hall–Kier alpha value is -3.00. The number of carbonyl (C=O) groups excluding carboxylic acids is 1. The molecular weight excluding hydrogens is 461 g/mol. The van der Waals surface area contributed by atoms with Crippen molar-refractivity contribution >= 4 is 39.7 Å². The Balaban J connectivity index is 1.48. The Bertz CT molecular complexity index is 1360. The topological polar surface area (TPSA) is 72.7 Å². The highest BCUT2D eigenvalue weighted by Gasteiger charge is 2.24. The van der Waals surface area contributed by atoms with Crippen molar-refractivity contribution in [3.8, 4) is 0 Å². The molecule has 0 saturated heterocycles. The molecule has 0 bridgehead atoms. The number of benzene rings is 2. The van der Waals surface area contributed by atoms with Crippen LogP contribution >= 0.6 is 11.8 Å². The van der Waals surface area contributed by atoms with Crippen molar-refractivity contribution in [2.24, 2.45) is 0 Å². The fraction of sp³-hybridized carbons (Fsp3) is 0.407. The number of rotatable bonds is 7. The number of amides is 1. The maximum Gasteiger partial charge on any atom is 0.233 e. The molecule has 0 spiro atoms. The van der Waals surface area contributed by atoms with E-state index in [1.54, 1.807) is 12.1 Å². The molecule has 1 aliphatic rings. The van der Waals surface area contributed by atoms with E-state index in [2.05, 4.69) is 21.6 Å². The van der Waals surface area contributed by atoms with Gasteiger partial charge in [-0.15, -0.1) is 10.2 Å². The summed E-state index contributed by atoms with van der Waals surface area (Å²) in [7, 11) is 0.